The third kappa shape index (κ3) is 5.44. The SMILES string of the molecule is CCOC(=O)c1nc(-c2ccc(NC(=O)c3ccc(C[SH](=O)=O)cc3Cl)cc2)cs1. The molecule has 3 rings (SSSR count). The van der Waals surface area contributed by atoms with Gasteiger partial charge in [-0.25, -0.2) is 18.2 Å². The largest absolute Gasteiger partial charge is 0.461 e. The van der Waals surface area contributed by atoms with Crippen molar-refractivity contribution in [1.29, 1.82) is 0 Å². The zero-order chi connectivity index (χ0) is 21.7. The lowest BCUT2D eigenvalue weighted by Crippen LogP contribution is -2.12. The number of nitrogens with zero attached hydrogens (tertiary/aromatic N) is 1. The number of rotatable bonds is 7. The smallest absolute Gasteiger partial charge is 0.367 e. The monoisotopic (exact) mass is 464 g/mol. The second-order valence-corrected chi connectivity index (χ2v) is 8.34. The average molecular weight is 465 g/mol. The number of esters is 1. The molecule has 0 saturated heterocycles. The molecular weight excluding hydrogens is 448 g/mol. The van der Waals surface area contributed by atoms with Crippen LogP contribution in [0.2, 0.25) is 5.02 Å². The molecule has 0 atom stereocenters. The molecule has 2 aromatic carbocycles. The number of carbonyl (C=O) groups is 2. The Kier molecular flexibility index (Phi) is 7.20. The van der Waals surface area contributed by atoms with Crippen molar-refractivity contribution >= 4 is 51.2 Å². The lowest BCUT2D eigenvalue weighted by molar-refractivity contribution is 0.0526. The van der Waals surface area contributed by atoms with Crippen molar-refractivity contribution in [3.8, 4) is 11.3 Å². The van der Waals surface area contributed by atoms with Crippen LogP contribution in [0, 0.1) is 0 Å². The van der Waals surface area contributed by atoms with Crippen LogP contribution in [-0.2, 0) is 21.2 Å². The molecule has 0 aliphatic rings. The summed E-state index contributed by atoms with van der Waals surface area (Å²) in [5, 5.41) is 4.96. The number of benzene rings is 2. The van der Waals surface area contributed by atoms with Gasteiger partial charge in [-0.15, -0.1) is 11.3 Å². The van der Waals surface area contributed by atoms with Crippen LogP contribution in [0.4, 0.5) is 5.69 Å². The van der Waals surface area contributed by atoms with E-state index in [0.29, 0.717) is 16.9 Å². The van der Waals surface area contributed by atoms with Gasteiger partial charge in [-0.1, -0.05) is 29.8 Å². The summed E-state index contributed by atoms with van der Waals surface area (Å²) in [6.45, 7) is 2.02. The van der Waals surface area contributed by atoms with Gasteiger partial charge in [-0.05, 0) is 36.8 Å². The number of aromatic nitrogens is 1. The van der Waals surface area contributed by atoms with E-state index < -0.39 is 22.6 Å². The third-order valence-corrected chi connectivity index (χ3v) is 5.74. The van der Waals surface area contributed by atoms with Gasteiger partial charge in [0.2, 0.25) is 5.01 Å². The van der Waals surface area contributed by atoms with Gasteiger partial charge in [0.15, 0.2) is 0 Å². The maximum atomic E-state index is 12.5. The fourth-order valence-electron chi connectivity index (χ4n) is 2.61. The van der Waals surface area contributed by atoms with E-state index in [1.165, 1.54) is 23.5 Å². The molecule has 7 nitrogen and oxygen atoms in total. The number of thiol groups is 1. The first-order chi connectivity index (χ1) is 14.4. The molecule has 1 amide bonds. The van der Waals surface area contributed by atoms with Gasteiger partial charge in [-0.3, -0.25) is 4.79 Å². The maximum Gasteiger partial charge on any atom is 0.367 e. The lowest BCUT2D eigenvalue weighted by atomic mass is 10.1. The minimum Gasteiger partial charge on any atom is -0.461 e. The molecule has 156 valence electrons. The first-order valence-corrected chi connectivity index (χ1v) is 11.4. The van der Waals surface area contributed by atoms with Gasteiger partial charge in [0, 0.05) is 16.6 Å². The number of amides is 1. The van der Waals surface area contributed by atoms with Crippen LogP contribution < -0.4 is 5.32 Å². The summed E-state index contributed by atoms with van der Waals surface area (Å²) in [7, 11) is -2.57. The third-order valence-electron chi connectivity index (χ3n) is 3.98. The first kappa shape index (κ1) is 21.9. The van der Waals surface area contributed by atoms with Gasteiger partial charge >= 0.3 is 5.97 Å². The highest BCUT2D eigenvalue weighted by atomic mass is 35.5. The molecule has 0 aliphatic heterocycles. The fourth-order valence-corrected chi connectivity index (χ4v) is 4.11. The fraction of sp³-hybridized carbons (Fsp3) is 0.150. The topological polar surface area (TPSA) is 102 Å². The van der Waals surface area contributed by atoms with Crippen molar-refractivity contribution in [3.63, 3.8) is 0 Å². The minimum atomic E-state index is -2.57. The van der Waals surface area contributed by atoms with E-state index in [-0.39, 0.29) is 28.0 Å². The minimum absolute atomic E-state index is 0.132. The summed E-state index contributed by atoms with van der Waals surface area (Å²) in [5.74, 6) is -1.00. The summed E-state index contributed by atoms with van der Waals surface area (Å²) >= 11 is 7.33. The molecule has 1 aromatic heterocycles. The summed E-state index contributed by atoms with van der Waals surface area (Å²) < 4.78 is 26.6. The van der Waals surface area contributed by atoms with Crippen LogP contribution in [0.3, 0.4) is 0 Å². The van der Waals surface area contributed by atoms with Gasteiger partial charge < -0.3 is 10.1 Å². The van der Waals surface area contributed by atoms with Crippen LogP contribution in [-0.4, -0.2) is 31.9 Å². The van der Waals surface area contributed by atoms with E-state index >= 15 is 0 Å². The second-order valence-electron chi connectivity index (χ2n) is 6.09. The number of nitrogens with one attached hydrogen (secondary N) is 1. The molecule has 0 spiro atoms. The Balaban J connectivity index is 1.70. The normalized spacial score (nSPS) is 10.8. The van der Waals surface area contributed by atoms with Crippen LogP contribution in [0.25, 0.3) is 11.3 Å². The van der Waals surface area contributed by atoms with Gasteiger partial charge in [0.1, 0.15) is 10.7 Å². The van der Waals surface area contributed by atoms with E-state index in [0.717, 1.165) is 5.56 Å². The number of ether oxygens (including phenoxy) is 1. The summed E-state index contributed by atoms with van der Waals surface area (Å²) in [6.07, 6.45) is 0. The Morgan fingerprint density at radius 3 is 2.53 bits per heavy atom. The number of halogens is 1. The average Bonchev–Trinajstić information content (AvgIpc) is 3.18. The number of carbonyl (C=O) groups excluding carboxylic acids is 2. The lowest BCUT2D eigenvalue weighted by Gasteiger charge is -2.08. The standard InChI is InChI=1S/C20H17ClN2O5S2/c1-2-28-20(25)19-23-17(10-29-19)13-4-6-14(7-5-13)22-18(24)15-8-3-12(9-16(15)21)11-30(26)27/h3-10,30H,2,11H2,1H3,(H,22,24). The Morgan fingerprint density at radius 1 is 1.17 bits per heavy atom. The summed E-state index contributed by atoms with van der Waals surface area (Å²) in [4.78, 5) is 28.5. The number of thiazole rings is 1. The van der Waals surface area contributed by atoms with E-state index in [4.69, 9.17) is 16.3 Å². The Morgan fingerprint density at radius 2 is 1.90 bits per heavy atom. The molecule has 30 heavy (non-hydrogen) atoms. The molecule has 1 heterocycles. The highest BCUT2D eigenvalue weighted by Gasteiger charge is 2.14. The van der Waals surface area contributed by atoms with Gasteiger partial charge in [0.25, 0.3) is 5.91 Å². The molecule has 0 bridgehead atoms. The van der Waals surface area contributed by atoms with Crippen molar-refractivity contribution < 1.29 is 22.7 Å². The summed E-state index contributed by atoms with van der Waals surface area (Å²) in [5.41, 5.74) is 2.73. The number of hydrogen-bond donors (Lipinski definition) is 2. The summed E-state index contributed by atoms with van der Waals surface area (Å²) in [6, 6.07) is 11.5. The van der Waals surface area contributed by atoms with Crippen LogP contribution in [0.5, 0.6) is 0 Å². The number of anilines is 1. The highest BCUT2D eigenvalue weighted by molar-refractivity contribution is 7.71. The van der Waals surface area contributed by atoms with Crippen molar-refractivity contribution in [1.82, 2.24) is 4.98 Å². The predicted molar refractivity (Wildman–Crippen MR) is 117 cm³/mol. The molecular formula is C20H17ClN2O5S2. The Hall–Kier alpha value is -2.75. The zero-order valence-electron chi connectivity index (χ0n) is 15.8. The zero-order valence-corrected chi connectivity index (χ0v) is 18.2. The molecule has 0 aliphatic carbocycles. The molecule has 3 aromatic rings. The van der Waals surface area contributed by atoms with E-state index in [9.17, 15) is 18.0 Å². The van der Waals surface area contributed by atoms with Gasteiger partial charge in [0.05, 0.1) is 28.6 Å². The number of hydrogen-bond acceptors (Lipinski definition) is 7. The predicted octanol–water partition coefficient (Wildman–Crippen LogP) is 4.00. The molecule has 0 fully saturated rings. The Labute approximate surface area is 183 Å². The van der Waals surface area contributed by atoms with E-state index in [2.05, 4.69) is 10.3 Å². The van der Waals surface area contributed by atoms with Crippen molar-refractivity contribution in [2.75, 3.05) is 11.9 Å². The van der Waals surface area contributed by atoms with Gasteiger partial charge in [-0.2, -0.15) is 0 Å². The maximum absolute atomic E-state index is 12.5. The van der Waals surface area contributed by atoms with Crippen molar-refractivity contribution in [3.05, 3.63) is 69.0 Å². The first-order valence-electron chi connectivity index (χ1n) is 8.82. The highest BCUT2D eigenvalue weighted by Crippen LogP contribution is 2.25. The molecule has 0 saturated carbocycles. The van der Waals surface area contributed by atoms with Crippen molar-refractivity contribution in [2.45, 2.75) is 12.7 Å². The molecule has 1 N–H and O–H groups in total. The van der Waals surface area contributed by atoms with E-state index in [1.807, 2.05) is 0 Å². The van der Waals surface area contributed by atoms with E-state index in [1.54, 1.807) is 42.6 Å². The second kappa shape index (κ2) is 9.84. The molecule has 10 heteroatoms. The van der Waals surface area contributed by atoms with Crippen LogP contribution >= 0.6 is 22.9 Å². The quantitative estimate of drug-likeness (QED) is 0.404. The van der Waals surface area contributed by atoms with Crippen LogP contribution in [0.15, 0.2) is 47.8 Å². The van der Waals surface area contributed by atoms with Crippen molar-refractivity contribution in [2.24, 2.45) is 0 Å². The van der Waals surface area contributed by atoms with Crippen LogP contribution in [0.1, 0.15) is 32.6 Å². The molecule has 0 radical (unpaired) electrons. The Bertz CT molecular complexity index is 1150. The molecule has 0 unspecified atom stereocenters.